The van der Waals surface area contributed by atoms with Crippen LogP contribution in [-0.2, 0) is 14.9 Å². The van der Waals surface area contributed by atoms with Crippen LogP contribution >= 0.6 is 0 Å². The Bertz CT molecular complexity index is 1120. The highest BCUT2D eigenvalue weighted by Gasteiger charge is 2.43. The molecule has 0 atom stereocenters. The molecule has 1 aromatic carbocycles. The van der Waals surface area contributed by atoms with Crippen LogP contribution in [-0.4, -0.2) is 54.0 Å². The molecule has 1 aromatic heterocycles. The van der Waals surface area contributed by atoms with Gasteiger partial charge < -0.3 is 19.9 Å². The van der Waals surface area contributed by atoms with Gasteiger partial charge in [0.15, 0.2) is 11.5 Å². The maximum Gasteiger partial charge on any atom is 0.291 e. The topological polar surface area (TPSA) is 111 Å². The minimum absolute atomic E-state index is 0.0748. The van der Waals surface area contributed by atoms with E-state index in [1.165, 1.54) is 11.8 Å². The van der Waals surface area contributed by atoms with Gasteiger partial charge in [0.2, 0.25) is 5.91 Å². The van der Waals surface area contributed by atoms with Crippen LogP contribution < -0.4 is 5.32 Å². The highest BCUT2D eigenvalue weighted by Crippen LogP contribution is 2.40. The number of allylic oxidation sites excluding steroid dienone is 2. The van der Waals surface area contributed by atoms with Crippen molar-refractivity contribution in [2.45, 2.75) is 43.9 Å². The molecule has 0 unspecified atom stereocenters. The van der Waals surface area contributed by atoms with E-state index in [1.54, 1.807) is 19.0 Å². The third-order valence-electron chi connectivity index (χ3n) is 6.53. The van der Waals surface area contributed by atoms with Crippen LogP contribution in [0.15, 0.2) is 30.5 Å². The van der Waals surface area contributed by atoms with E-state index in [1.807, 2.05) is 18.2 Å². The molecule has 1 aliphatic heterocycles. The summed E-state index contributed by atoms with van der Waals surface area (Å²) in [5.74, 6) is -0.249. The van der Waals surface area contributed by atoms with Crippen molar-refractivity contribution in [3.63, 3.8) is 0 Å². The zero-order valence-electron chi connectivity index (χ0n) is 19.1. The Morgan fingerprint density at radius 2 is 2.03 bits per heavy atom. The average Bonchev–Trinajstić information content (AvgIpc) is 3.34. The molecule has 0 spiro atoms. The number of aromatic amines is 1. The van der Waals surface area contributed by atoms with Crippen molar-refractivity contribution >= 4 is 23.1 Å². The van der Waals surface area contributed by atoms with E-state index in [9.17, 15) is 9.59 Å². The number of anilines is 1. The third kappa shape index (κ3) is 4.55. The van der Waals surface area contributed by atoms with Crippen LogP contribution in [0.1, 0.15) is 66.0 Å². The first-order chi connectivity index (χ1) is 15.9. The first-order valence-electron chi connectivity index (χ1n) is 11.3. The van der Waals surface area contributed by atoms with E-state index in [2.05, 4.69) is 27.4 Å². The minimum atomic E-state index is -0.642. The number of aromatic nitrogens is 2. The Morgan fingerprint density at radius 3 is 2.67 bits per heavy atom. The van der Waals surface area contributed by atoms with Gasteiger partial charge in [-0.25, -0.2) is 4.98 Å². The predicted octanol–water partition coefficient (Wildman–Crippen LogP) is 3.63. The third-order valence-corrected chi connectivity index (χ3v) is 6.53. The summed E-state index contributed by atoms with van der Waals surface area (Å²) < 4.78 is 5.59. The fraction of sp³-hybridized carbons (Fsp3) is 0.440. The van der Waals surface area contributed by atoms with Crippen molar-refractivity contribution in [1.29, 1.82) is 5.26 Å². The summed E-state index contributed by atoms with van der Waals surface area (Å²) in [7, 11) is 3.58. The fourth-order valence-electron chi connectivity index (χ4n) is 4.75. The smallest absolute Gasteiger partial charge is 0.291 e. The highest BCUT2D eigenvalue weighted by atomic mass is 16.5. The summed E-state index contributed by atoms with van der Waals surface area (Å²) in [6, 6.07) is 7.81. The van der Waals surface area contributed by atoms with Gasteiger partial charge in [-0.05, 0) is 61.8 Å². The molecule has 0 saturated carbocycles. The number of nitrogens with zero attached hydrogens (tertiary/aromatic N) is 3. The Balaban J connectivity index is 1.75. The monoisotopic (exact) mass is 447 g/mol. The van der Waals surface area contributed by atoms with Gasteiger partial charge >= 0.3 is 0 Å². The van der Waals surface area contributed by atoms with Gasteiger partial charge in [0.25, 0.3) is 5.91 Å². The Morgan fingerprint density at radius 1 is 1.24 bits per heavy atom. The van der Waals surface area contributed by atoms with Crippen molar-refractivity contribution in [2.24, 2.45) is 0 Å². The van der Waals surface area contributed by atoms with Crippen molar-refractivity contribution < 1.29 is 14.3 Å². The molecule has 2 aliphatic rings. The predicted molar refractivity (Wildman–Crippen MR) is 125 cm³/mol. The fourth-order valence-corrected chi connectivity index (χ4v) is 4.75. The van der Waals surface area contributed by atoms with Crippen LogP contribution in [0.2, 0.25) is 0 Å². The van der Waals surface area contributed by atoms with E-state index in [-0.39, 0.29) is 17.4 Å². The molecule has 4 rings (SSSR count). The lowest BCUT2D eigenvalue weighted by atomic mass is 9.72. The molecular formula is C25H29N5O3. The van der Waals surface area contributed by atoms with Gasteiger partial charge in [0.05, 0.1) is 5.41 Å². The summed E-state index contributed by atoms with van der Waals surface area (Å²) >= 11 is 0. The molecule has 1 fully saturated rings. The molecule has 2 N–H and O–H groups in total. The largest absolute Gasteiger partial charge is 0.381 e. The molecule has 2 heterocycles. The number of hydrogen-bond acceptors (Lipinski definition) is 5. The van der Waals surface area contributed by atoms with Gasteiger partial charge in [-0.2, -0.15) is 5.26 Å². The molecule has 2 aromatic rings. The lowest BCUT2D eigenvalue weighted by molar-refractivity contribution is -0.138. The van der Waals surface area contributed by atoms with Crippen LogP contribution in [0.3, 0.4) is 0 Å². The normalized spacial score (nSPS) is 17.5. The zero-order chi connectivity index (χ0) is 23.4. The van der Waals surface area contributed by atoms with Crippen LogP contribution in [0.25, 0.3) is 5.57 Å². The number of carbonyl (C=O) groups is 2. The molecule has 0 radical (unpaired) electrons. The number of rotatable bonds is 5. The van der Waals surface area contributed by atoms with Crippen LogP contribution in [0, 0.1) is 11.3 Å². The van der Waals surface area contributed by atoms with E-state index < -0.39 is 11.3 Å². The van der Waals surface area contributed by atoms with E-state index in [0.717, 1.165) is 36.8 Å². The molecule has 172 valence electrons. The Hall–Kier alpha value is -3.44. The SMILES string of the molecule is CN(C)C(=O)C1(c2ccc(NC(=O)c3nc(C#N)c[nH]3)c(C3=CCCCC3)c2)CCOCC1. The van der Waals surface area contributed by atoms with E-state index >= 15 is 0 Å². The molecule has 8 nitrogen and oxygen atoms in total. The number of likely N-dealkylation sites (N-methyl/N-ethyl adjacent to an activating group) is 1. The number of amides is 2. The number of carbonyl (C=O) groups excluding carboxylic acids is 2. The molecule has 1 saturated heterocycles. The number of nitriles is 1. The van der Waals surface area contributed by atoms with Crippen molar-refractivity contribution in [3.05, 3.63) is 53.1 Å². The summed E-state index contributed by atoms with van der Waals surface area (Å²) in [4.78, 5) is 34.6. The first-order valence-corrected chi connectivity index (χ1v) is 11.3. The van der Waals surface area contributed by atoms with Crippen LogP contribution in [0.5, 0.6) is 0 Å². The molecule has 0 bridgehead atoms. The Labute approximate surface area is 193 Å². The molecular weight excluding hydrogens is 418 g/mol. The first kappa shape index (κ1) is 22.7. The number of hydrogen-bond donors (Lipinski definition) is 2. The number of benzene rings is 1. The molecule has 33 heavy (non-hydrogen) atoms. The zero-order valence-corrected chi connectivity index (χ0v) is 19.1. The summed E-state index contributed by atoms with van der Waals surface area (Å²) in [5.41, 5.74) is 3.26. The number of H-pyrrole nitrogens is 1. The highest BCUT2D eigenvalue weighted by molar-refractivity contribution is 6.03. The van der Waals surface area contributed by atoms with Gasteiger partial charge in [-0.1, -0.05) is 12.1 Å². The second-order valence-electron chi connectivity index (χ2n) is 8.83. The van der Waals surface area contributed by atoms with E-state index in [0.29, 0.717) is 31.7 Å². The quantitative estimate of drug-likeness (QED) is 0.727. The summed E-state index contributed by atoms with van der Waals surface area (Å²) in [6.07, 6.45) is 9.02. The van der Waals surface area contributed by atoms with E-state index in [4.69, 9.17) is 10.00 Å². The maximum absolute atomic E-state index is 13.3. The lowest BCUT2D eigenvalue weighted by Gasteiger charge is -2.38. The summed E-state index contributed by atoms with van der Waals surface area (Å²) in [6.45, 7) is 1.08. The van der Waals surface area contributed by atoms with Gasteiger partial charge in [-0.15, -0.1) is 0 Å². The number of imidazole rings is 1. The minimum Gasteiger partial charge on any atom is -0.381 e. The number of ether oxygens (including phenoxy) is 1. The standard InChI is InChI=1S/C25H29N5O3/c1-30(2)24(32)25(10-12-33-13-11-25)18-8-9-21(20(14-18)17-6-4-3-5-7-17)29-23(31)22-27-16-19(15-26)28-22/h6,8-9,14,16H,3-5,7,10-13H2,1-2H3,(H,27,28)(H,29,31). The van der Waals surface area contributed by atoms with Crippen LogP contribution in [0.4, 0.5) is 5.69 Å². The van der Waals surface area contributed by atoms with Gasteiger partial charge in [-0.3, -0.25) is 9.59 Å². The number of nitrogens with one attached hydrogen (secondary N) is 2. The second-order valence-corrected chi connectivity index (χ2v) is 8.83. The van der Waals surface area contributed by atoms with Crippen molar-refractivity contribution in [1.82, 2.24) is 14.9 Å². The van der Waals surface area contributed by atoms with Gasteiger partial charge in [0.1, 0.15) is 6.07 Å². The summed E-state index contributed by atoms with van der Waals surface area (Å²) in [5, 5.41) is 11.9. The molecule has 2 amide bonds. The molecule has 1 aliphatic carbocycles. The second kappa shape index (κ2) is 9.59. The van der Waals surface area contributed by atoms with Gasteiger partial charge in [0, 0.05) is 44.8 Å². The average molecular weight is 448 g/mol. The lowest BCUT2D eigenvalue weighted by Crippen LogP contribution is -2.47. The molecule has 8 heteroatoms. The Kier molecular flexibility index (Phi) is 6.61. The van der Waals surface area contributed by atoms with Crippen molar-refractivity contribution in [3.8, 4) is 6.07 Å². The van der Waals surface area contributed by atoms with Crippen molar-refractivity contribution in [2.75, 3.05) is 32.6 Å². The maximum atomic E-state index is 13.3.